The third-order valence-corrected chi connectivity index (χ3v) is 4.01. The fraction of sp³-hybridized carbons (Fsp3) is 0.235. The van der Waals surface area contributed by atoms with E-state index in [1.165, 1.54) is 5.56 Å². The highest BCUT2D eigenvalue weighted by molar-refractivity contribution is 9.10. The third-order valence-electron chi connectivity index (χ3n) is 3.32. The Kier molecular flexibility index (Phi) is 5.20. The zero-order chi connectivity index (χ0) is 14.4. The van der Waals surface area contributed by atoms with Gasteiger partial charge in [-0.1, -0.05) is 49.4 Å². The Morgan fingerprint density at radius 3 is 2.40 bits per heavy atom. The minimum absolute atomic E-state index is 0.205. The summed E-state index contributed by atoms with van der Waals surface area (Å²) in [5, 5.41) is 12.6. The largest absolute Gasteiger partial charge is 0.369 e. The van der Waals surface area contributed by atoms with Gasteiger partial charge in [0.1, 0.15) is 6.04 Å². The lowest BCUT2D eigenvalue weighted by molar-refractivity contribution is 0.652. The van der Waals surface area contributed by atoms with Crippen molar-refractivity contribution in [2.24, 2.45) is 0 Å². The van der Waals surface area contributed by atoms with Gasteiger partial charge in [0, 0.05) is 10.2 Å². The van der Waals surface area contributed by atoms with Crippen molar-refractivity contribution in [1.82, 2.24) is 0 Å². The maximum atomic E-state index is 9.35. The van der Waals surface area contributed by atoms with Crippen molar-refractivity contribution in [3.8, 4) is 6.07 Å². The first-order chi connectivity index (χ1) is 9.70. The second-order valence-electron chi connectivity index (χ2n) is 4.85. The smallest absolute Gasteiger partial charge is 0.115 e. The molecule has 2 atom stereocenters. The van der Waals surface area contributed by atoms with E-state index in [0.29, 0.717) is 5.92 Å². The van der Waals surface area contributed by atoms with Crippen molar-refractivity contribution in [3.63, 3.8) is 0 Å². The first kappa shape index (κ1) is 14.6. The van der Waals surface area contributed by atoms with Crippen LogP contribution in [0.25, 0.3) is 0 Å². The van der Waals surface area contributed by atoms with Gasteiger partial charge < -0.3 is 5.32 Å². The summed E-state index contributed by atoms with van der Waals surface area (Å²) in [4.78, 5) is 0. The van der Waals surface area contributed by atoms with Crippen LogP contribution < -0.4 is 5.32 Å². The van der Waals surface area contributed by atoms with E-state index < -0.39 is 0 Å². The van der Waals surface area contributed by atoms with Crippen LogP contribution >= 0.6 is 15.9 Å². The summed E-state index contributed by atoms with van der Waals surface area (Å²) in [7, 11) is 0. The van der Waals surface area contributed by atoms with E-state index in [4.69, 9.17) is 0 Å². The predicted octanol–water partition coefficient (Wildman–Crippen LogP) is 4.95. The number of hydrogen-bond donors (Lipinski definition) is 1. The van der Waals surface area contributed by atoms with Crippen LogP contribution in [0.2, 0.25) is 0 Å². The van der Waals surface area contributed by atoms with Gasteiger partial charge in [-0.05, 0) is 46.0 Å². The van der Waals surface area contributed by atoms with Gasteiger partial charge in [0.25, 0.3) is 0 Å². The van der Waals surface area contributed by atoms with Gasteiger partial charge in [0.05, 0.1) is 6.07 Å². The molecule has 2 nitrogen and oxygen atoms in total. The Labute approximate surface area is 128 Å². The van der Waals surface area contributed by atoms with Crippen LogP contribution in [0.1, 0.15) is 24.8 Å². The van der Waals surface area contributed by atoms with E-state index in [0.717, 1.165) is 16.6 Å². The molecule has 0 spiro atoms. The van der Waals surface area contributed by atoms with Crippen molar-refractivity contribution >= 4 is 21.6 Å². The van der Waals surface area contributed by atoms with Crippen molar-refractivity contribution < 1.29 is 0 Å². The minimum Gasteiger partial charge on any atom is -0.369 e. The van der Waals surface area contributed by atoms with Crippen LogP contribution in [0.4, 0.5) is 5.69 Å². The standard InChI is InChI=1S/C17H17BrN2/c1-13(14-7-3-2-4-8-14)11-15(12-19)20-17-10-6-5-9-16(17)18/h2-10,13,15,20H,11H2,1H3. The molecule has 0 radical (unpaired) electrons. The normalized spacial score (nSPS) is 13.2. The van der Waals surface area contributed by atoms with Crippen molar-refractivity contribution in [3.05, 3.63) is 64.6 Å². The van der Waals surface area contributed by atoms with Crippen LogP contribution in [-0.4, -0.2) is 6.04 Å². The van der Waals surface area contributed by atoms with Gasteiger partial charge in [0.15, 0.2) is 0 Å². The number of hydrogen-bond acceptors (Lipinski definition) is 2. The number of nitriles is 1. The molecule has 0 heterocycles. The van der Waals surface area contributed by atoms with Gasteiger partial charge in [-0.15, -0.1) is 0 Å². The lowest BCUT2D eigenvalue weighted by Crippen LogP contribution is -2.20. The predicted molar refractivity (Wildman–Crippen MR) is 86.6 cm³/mol. The van der Waals surface area contributed by atoms with E-state index in [1.54, 1.807) is 0 Å². The van der Waals surface area contributed by atoms with Crippen molar-refractivity contribution in [2.45, 2.75) is 25.3 Å². The van der Waals surface area contributed by atoms with E-state index in [1.807, 2.05) is 42.5 Å². The highest BCUT2D eigenvalue weighted by atomic mass is 79.9. The zero-order valence-corrected chi connectivity index (χ0v) is 13.0. The zero-order valence-electron chi connectivity index (χ0n) is 11.4. The molecule has 1 N–H and O–H groups in total. The molecule has 20 heavy (non-hydrogen) atoms. The number of anilines is 1. The minimum atomic E-state index is -0.205. The van der Waals surface area contributed by atoms with E-state index in [-0.39, 0.29) is 6.04 Å². The van der Waals surface area contributed by atoms with Crippen LogP contribution in [-0.2, 0) is 0 Å². The fourth-order valence-electron chi connectivity index (χ4n) is 2.18. The third kappa shape index (κ3) is 3.85. The average Bonchev–Trinajstić information content (AvgIpc) is 2.49. The molecule has 2 aromatic carbocycles. The first-order valence-electron chi connectivity index (χ1n) is 6.66. The number of rotatable bonds is 5. The van der Waals surface area contributed by atoms with Gasteiger partial charge in [-0.25, -0.2) is 0 Å². The summed E-state index contributed by atoms with van der Waals surface area (Å²) < 4.78 is 0.979. The molecule has 0 aliphatic carbocycles. The monoisotopic (exact) mass is 328 g/mol. The maximum absolute atomic E-state index is 9.35. The Bertz CT molecular complexity index is 589. The molecular formula is C17H17BrN2. The molecule has 0 aliphatic heterocycles. The van der Waals surface area contributed by atoms with E-state index >= 15 is 0 Å². The number of benzene rings is 2. The van der Waals surface area contributed by atoms with E-state index in [9.17, 15) is 5.26 Å². The second kappa shape index (κ2) is 7.12. The van der Waals surface area contributed by atoms with Gasteiger partial charge in [0.2, 0.25) is 0 Å². The molecule has 2 rings (SSSR count). The van der Waals surface area contributed by atoms with Crippen LogP contribution in [0, 0.1) is 11.3 Å². The van der Waals surface area contributed by atoms with E-state index in [2.05, 4.69) is 46.4 Å². The fourth-order valence-corrected chi connectivity index (χ4v) is 2.58. The van der Waals surface area contributed by atoms with Crippen molar-refractivity contribution in [2.75, 3.05) is 5.32 Å². The van der Waals surface area contributed by atoms with Crippen LogP contribution in [0.5, 0.6) is 0 Å². The summed E-state index contributed by atoms with van der Waals surface area (Å²) >= 11 is 3.49. The topological polar surface area (TPSA) is 35.8 Å². The SMILES string of the molecule is CC(CC(C#N)Nc1ccccc1Br)c1ccccc1. The maximum Gasteiger partial charge on any atom is 0.115 e. The van der Waals surface area contributed by atoms with Crippen molar-refractivity contribution in [1.29, 1.82) is 5.26 Å². The highest BCUT2D eigenvalue weighted by Crippen LogP contribution is 2.25. The molecule has 0 aliphatic rings. The van der Waals surface area contributed by atoms with Gasteiger partial charge >= 0.3 is 0 Å². The number of para-hydroxylation sites is 1. The first-order valence-corrected chi connectivity index (χ1v) is 7.45. The lowest BCUT2D eigenvalue weighted by atomic mass is 9.94. The Hall–Kier alpha value is -1.79. The molecule has 2 aromatic rings. The summed E-state index contributed by atoms with van der Waals surface area (Å²) in [6, 6.07) is 20.3. The molecule has 3 heteroatoms. The summed E-state index contributed by atoms with van der Waals surface area (Å²) in [5.74, 6) is 0.343. The summed E-state index contributed by atoms with van der Waals surface area (Å²) in [6.45, 7) is 2.15. The summed E-state index contributed by atoms with van der Waals surface area (Å²) in [6.07, 6.45) is 0.780. The van der Waals surface area contributed by atoms with Gasteiger partial charge in [-0.2, -0.15) is 5.26 Å². The molecule has 0 amide bonds. The average molecular weight is 329 g/mol. The summed E-state index contributed by atoms with van der Waals surface area (Å²) in [5.41, 5.74) is 2.22. The second-order valence-corrected chi connectivity index (χ2v) is 5.71. The molecule has 0 fully saturated rings. The quantitative estimate of drug-likeness (QED) is 0.843. The van der Waals surface area contributed by atoms with Crippen LogP contribution in [0.3, 0.4) is 0 Å². The van der Waals surface area contributed by atoms with Gasteiger partial charge in [-0.3, -0.25) is 0 Å². The molecule has 0 aromatic heterocycles. The Balaban J connectivity index is 2.03. The highest BCUT2D eigenvalue weighted by Gasteiger charge is 2.14. The Morgan fingerprint density at radius 1 is 1.10 bits per heavy atom. The number of nitrogens with zero attached hydrogens (tertiary/aromatic N) is 1. The lowest BCUT2D eigenvalue weighted by Gasteiger charge is -2.18. The molecule has 0 saturated heterocycles. The Morgan fingerprint density at radius 2 is 1.75 bits per heavy atom. The molecule has 2 unspecified atom stereocenters. The molecule has 102 valence electrons. The molecule has 0 bridgehead atoms. The molecule has 0 saturated carbocycles. The molecular weight excluding hydrogens is 312 g/mol. The number of nitrogens with one attached hydrogen (secondary N) is 1. The van der Waals surface area contributed by atoms with Crippen LogP contribution in [0.15, 0.2) is 59.1 Å². The number of halogens is 1.